The van der Waals surface area contributed by atoms with Crippen LogP contribution in [0.2, 0.25) is 0 Å². The summed E-state index contributed by atoms with van der Waals surface area (Å²) in [5.74, 6) is -0.964. The lowest BCUT2D eigenvalue weighted by Crippen LogP contribution is -2.32. The summed E-state index contributed by atoms with van der Waals surface area (Å²) in [7, 11) is -2.82. The van der Waals surface area contributed by atoms with Crippen molar-refractivity contribution in [2.45, 2.75) is 17.7 Å². The minimum atomic E-state index is -4.13. The molecule has 0 saturated heterocycles. The number of nitrogens with zero attached hydrogens (tertiary/aromatic N) is 2. The van der Waals surface area contributed by atoms with Gasteiger partial charge in [0.25, 0.3) is 15.7 Å². The van der Waals surface area contributed by atoms with Crippen molar-refractivity contribution in [2.75, 3.05) is 18.0 Å². The number of hydrogen-bond acceptors (Lipinski definition) is 6. The van der Waals surface area contributed by atoms with Crippen LogP contribution in [0.4, 0.5) is 11.4 Å². The molecule has 9 nitrogen and oxygen atoms in total. The zero-order chi connectivity index (χ0) is 20.9. The molecule has 0 bridgehead atoms. The number of non-ortho nitro benzene ring substituents is 1. The number of carboxylic acid groups (broad SMARTS) is 1. The molecular formula is C17H17BrN2O7S. The summed E-state index contributed by atoms with van der Waals surface area (Å²) in [5.41, 5.74) is -0.352. The van der Waals surface area contributed by atoms with Gasteiger partial charge in [0.2, 0.25) is 0 Å². The molecule has 0 saturated carbocycles. The lowest BCUT2D eigenvalue weighted by Gasteiger charge is -2.26. The van der Waals surface area contributed by atoms with Crippen molar-refractivity contribution >= 4 is 43.3 Å². The molecule has 0 aromatic heterocycles. The third kappa shape index (κ3) is 4.98. The second-order valence-electron chi connectivity index (χ2n) is 5.64. The largest absolute Gasteiger partial charge is 0.495 e. The molecule has 28 heavy (non-hydrogen) atoms. The molecule has 0 amide bonds. The molecule has 0 heterocycles. The Morgan fingerprint density at radius 3 is 2.43 bits per heavy atom. The van der Waals surface area contributed by atoms with Gasteiger partial charge in [-0.15, -0.1) is 0 Å². The van der Waals surface area contributed by atoms with E-state index in [4.69, 9.17) is 9.84 Å². The highest BCUT2D eigenvalue weighted by Gasteiger charge is 2.29. The number of sulfonamides is 1. The monoisotopic (exact) mass is 472 g/mol. The summed E-state index contributed by atoms with van der Waals surface area (Å²) in [5, 5.41) is 20.0. The summed E-state index contributed by atoms with van der Waals surface area (Å²) in [6.45, 7) is -0.192. The smallest absolute Gasteiger partial charge is 0.303 e. The van der Waals surface area contributed by atoms with Gasteiger partial charge in [-0.2, -0.15) is 0 Å². The standard InChI is InChI=1S/C17H17BrN2O7S/c1-27-16-9-6-13(20(23)24)11-15(16)19(10-2-3-17(21)22)28(25,26)14-7-4-12(18)5-8-14/h4-9,11H,2-3,10H2,1H3,(H,21,22). The normalized spacial score (nSPS) is 11.1. The number of methoxy groups -OCH3 is 1. The fourth-order valence-corrected chi connectivity index (χ4v) is 4.23. The molecule has 0 spiro atoms. The van der Waals surface area contributed by atoms with Crippen molar-refractivity contribution in [1.29, 1.82) is 0 Å². The lowest BCUT2D eigenvalue weighted by molar-refractivity contribution is -0.384. The number of nitro groups is 1. The summed E-state index contributed by atoms with van der Waals surface area (Å²) in [6.07, 6.45) is -0.249. The number of rotatable bonds is 9. The van der Waals surface area contributed by atoms with Crippen molar-refractivity contribution < 1.29 is 28.0 Å². The molecule has 0 radical (unpaired) electrons. The van der Waals surface area contributed by atoms with Gasteiger partial charge in [0.05, 0.1) is 16.9 Å². The number of nitro benzene ring substituents is 1. The van der Waals surface area contributed by atoms with E-state index >= 15 is 0 Å². The van der Waals surface area contributed by atoms with Crippen LogP contribution in [0.3, 0.4) is 0 Å². The van der Waals surface area contributed by atoms with Gasteiger partial charge in [0.15, 0.2) is 0 Å². The van der Waals surface area contributed by atoms with Crippen LogP contribution in [-0.2, 0) is 14.8 Å². The molecule has 0 aliphatic rings. The molecular weight excluding hydrogens is 456 g/mol. The SMILES string of the molecule is COc1ccc([N+](=O)[O-])cc1N(CCCC(=O)O)S(=O)(=O)c1ccc(Br)cc1. The zero-order valence-electron chi connectivity index (χ0n) is 14.7. The molecule has 0 aliphatic carbocycles. The maximum atomic E-state index is 13.2. The number of halogens is 1. The van der Waals surface area contributed by atoms with E-state index in [2.05, 4.69) is 15.9 Å². The van der Waals surface area contributed by atoms with Crippen molar-refractivity contribution in [3.05, 3.63) is 57.1 Å². The van der Waals surface area contributed by atoms with Crippen LogP contribution >= 0.6 is 15.9 Å². The van der Waals surface area contributed by atoms with Crippen molar-refractivity contribution in [1.82, 2.24) is 0 Å². The first-order valence-corrected chi connectivity index (χ1v) is 10.2. The number of benzene rings is 2. The Morgan fingerprint density at radius 1 is 1.25 bits per heavy atom. The molecule has 1 N–H and O–H groups in total. The minimum Gasteiger partial charge on any atom is -0.495 e. The fraction of sp³-hybridized carbons (Fsp3) is 0.235. The molecule has 2 rings (SSSR count). The third-order valence-electron chi connectivity index (χ3n) is 3.80. The summed E-state index contributed by atoms with van der Waals surface area (Å²) in [6, 6.07) is 9.45. The Balaban J connectivity index is 2.59. The molecule has 150 valence electrons. The average Bonchev–Trinajstić information content (AvgIpc) is 2.64. The Labute approximate surface area is 169 Å². The fourth-order valence-electron chi connectivity index (χ4n) is 2.46. The lowest BCUT2D eigenvalue weighted by atomic mass is 10.2. The average molecular weight is 473 g/mol. The predicted octanol–water partition coefficient (Wildman–Crippen LogP) is 3.43. The highest BCUT2D eigenvalue weighted by Crippen LogP contribution is 2.36. The van der Waals surface area contributed by atoms with E-state index < -0.39 is 20.9 Å². The summed E-state index contributed by atoms with van der Waals surface area (Å²) in [4.78, 5) is 21.3. The number of carbonyl (C=O) groups is 1. The maximum Gasteiger partial charge on any atom is 0.303 e. The van der Waals surface area contributed by atoms with Crippen LogP contribution in [0.25, 0.3) is 0 Å². The second kappa shape index (κ2) is 9.02. The first-order valence-electron chi connectivity index (χ1n) is 7.99. The summed E-state index contributed by atoms with van der Waals surface area (Å²) >= 11 is 3.23. The Hall–Kier alpha value is -2.66. The molecule has 11 heteroatoms. The van der Waals surface area contributed by atoms with E-state index in [-0.39, 0.29) is 41.4 Å². The Bertz CT molecular complexity index is 978. The topological polar surface area (TPSA) is 127 Å². The van der Waals surface area contributed by atoms with Gasteiger partial charge >= 0.3 is 5.97 Å². The first-order chi connectivity index (χ1) is 13.2. The summed E-state index contributed by atoms with van der Waals surface area (Å²) < 4.78 is 33.2. The van der Waals surface area contributed by atoms with Gasteiger partial charge in [-0.1, -0.05) is 15.9 Å². The van der Waals surface area contributed by atoms with Crippen LogP contribution in [0.15, 0.2) is 51.8 Å². The number of anilines is 1. The maximum absolute atomic E-state index is 13.2. The minimum absolute atomic E-state index is 0.0109. The van der Waals surface area contributed by atoms with E-state index in [0.717, 1.165) is 10.4 Å². The Morgan fingerprint density at radius 2 is 1.89 bits per heavy atom. The van der Waals surface area contributed by atoms with E-state index in [1.807, 2.05) is 0 Å². The highest BCUT2D eigenvalue weighted by molar-refractivity contribution is 9.10. The van der Waals surface area contributed by atoms with Crippen molar-refractivity contribution in [3.8, 4) is 5.75 Å². The first kappa shape index (κ1) is 21.6. The van der Waals surface area contributed by atoms with Gasteiger partial charge in [0.1, 0.15) is 11.4 Å². The van der Waals surface area contributed by atoms with E-state index in [0.29, 0.717) is 4.47 Å². The number of hydrogen-bond donors (Lipinski definition) is 1. The molecule has 0 unspecified atom stereocenters. The van der Waals surface area contributed by atoms with E-state index in [1.54, 1.807) is 12.1 Å². The second-order valence-corrected chi connectivity index (χ2v) is 8.42. The molecule has 0 aliphatic heterocycles. The zero-order valence-corrected chi connectivity index (χ0v) is 17.1. The van der Waals surface area contributed by atoms with Crippen molar-refractivity contribution in [3.63, 3.8) is 0 Å². The van der Waals surface area contributed by atoms with Crippen LogP contribution in [0, 0.1) is 10.1 Å². The number of carboxylic acids is 1. The van der Waals surface area contributed by atoms with E-state index in [9.17, 15) is 23.3 Å². The molecule has 0 fully saturated rings. The quantitative estimate of drug-likeness (QED) is 0.437. The Kier molecular flexibility index (Phi) is 6.97. The molecule has 2 aromatic carbocycles. The predicted molar refractivity (Wildman–Crippen MR) is 105 cm³/mol. The van der Waals surface area contributed by atoms with Crippen LogP contribution < -0.4 is 9.04 Å². The van der Waals surface area contributed by atoms with Crippen molar-refractivity contribution in [2.24, 2.45) is 0 Å². The van der Waals surface area contributed by atoms with Gasteiger partial charge in [-0.3, -0.25) is 19.2 Å². The van der Waals surface area contributed by atoms with Crippen LogP contribution in [0.1, 0.15) is 12.8 Å². The molecule has 0 atom stereocenters. The number of aliphatic carboxylic acids is 1. The van der Waals surface area contributed by atoms with Gasteiger partial charge in [-0.05, 0) is 36.8 Å². The van der Waals surface area contributed by atoms with Gasteiger partial charge < -0.3 is 9.84 Å². The third-order valence-corrected chi connectivity index (χ3v) is 6.15. The van der Waals surface area contributed by atoms with Gasteiger partial charge in [0, 0.05) is 29.6 Å². The van der Waals surface area contributed by atoms with Gasteiger partial charge in [-0.25, -0.2) is 8.42 Å². The number of ether oxygens (including phenoxy) is 1. The highest BCUT2D eigenvalue weighted by atomic mass is 79.9. The molecule has 2 aromatic rings. The van der Waals surface area contributed by atoms with Crippen LogP contribution in [0.5, 0.6) is 5.75 Å². The van der Waals surface area contributed by atoms with E-state index in [1.165, 1.54) is 31.4 Å². The van der Waals surface area contributed by atoms with Crippen LogP contribution in [-0.4, -0.2) is 38.1 Å².